The third-order valence-electron chi connectivity index (χ3n) is 4.84. The van der Waals surface area contributed by atoms with E-state index >= 15 is 0 Å². The molecular formula is C21H17Br2NO5S. The van der Waals surface area contributed by atoms with Crippen molar-refractivity contribution in [2.75, 3.05) is 26.5 Å². The Bertz CT molecular complexity index is 1200. The molecule has 30 heavy (non-hydrogen) atoms. The highest BCUT2D eigenvalue weighted by Crippen LogP contribution is 2.43. The number of methoxy groups -OCH3 is 2. The van der Waals surface area contributed by atoms with E-state index < -0.39 is 5.63 Å². The van der Waals surface area contributed by atoms with E-state index in [4.69, 9.17) is 13.9 Å². The van der Waals surface area contributed by atoms with Crippen LogP contribution in [0.3, 0.4) is 0 Å². The number of fused-ring (bicyclic) bond motifs is 1. The number of nitrogens with zero attached hydrogens (tertiary/aromatic N) is 1. The van der Waals surface area contributed by atoms with Crippen LogP contribution in [0.2, 0.25) is 0 Å². The Morgan fingerprint density at radius 3 is 2.70 bits per heavy atom. The molecule has 1 fully saturated rings. The van der Waals surface area contributed by atoms with Crippen LogP contribution >= 0.6 is 43.6 Å². The summed E-state index contributed by atoms with van der Waals surface area (Å²) in [6.45, 7) is 0.508. The van der Waals surface area contributed by atoms with Gasteiger partial charge < -0.3 is 18.8 Å². The van der Waals surface area contributed by atoms with Gasteiger partial charge in [0, 0.05) is 27.7 Å². The lowest BCUT2D eigenvalue weighted by molar-refractivity contribution is 0.0755. The molecule has 0 unspecified atom stereocenters. The van der Waals surface area contributed by atoms with Gasteiger partial charge in [0.05, 0.1) is 18.7 Å². The molecule has 9 heteroatoms. The monoisotopic (exact) mass is 553 g/mol. The Balaban J connectivity index is 1.76. The van der Waals surface area contributed by atoms with E-state index in [1.54, 1.807) is 49.1 Å². The molecule has 1 amide bonds. The van der Waals surface area contributed by atoms with Crippen LogP contribution in [0.5, 0.6) is 11.5 Å². The summed E-state index contributed by atoms with van der Waals surface area (Å²) in [5, 5.41) is 0.355. The number of thioether (sulfide) groups is 1. The molecule has 2 heterocycles. The lowest BCUT2D eigenvalue weighted by Gasteiger charge is -2.25. The Morgan fingerprint density at radius 1 is 1.17 bits per heavy atom. The quantitative estimate of drug-likeness (QED) is 0.412. The predicted octanol–water partition coefficient (Wildman–Crippen LogP) is 5.22. The number of carbonyl (C=O) groups excluding carboxylic acids is 1. The van der Waals surface area contributed by atoms with E-state index in [-0.39, 0.29) is 16.8 Å². The topological polar surface area (TPSA) is 69.0 Å². The Labute approximate surface area is 193 Å². The maximum Gasteiger partial charge on any atom is 0.349 e. The predicted molar refractivity (Wildman–Crippen MR) is 124 cm³/mol. The number of hydrogen-bond donors (Lipinski definition) is 0. The molecular weight excluding hydrogens is 538 g/mol. The smallest absolute Gasteiger partial charge is 0.349 e. The SMILES string of the molecule is COc1ccc(OC)c([C@@H]2SCCN2C(=O)c2cc3cc(Br)cc(Br)c3oc2=O)c1. The molecule has 1 aliphatic rings. The molecule has 1 saturated heterocycles. The minimum absolute atomic E-state index is 0.00172. The average Bonchev–Trinajstić information content (AvgIpc) is 3.22. The first-order chi connectivity index (χ1) is 14.4. The Morgan fingerprint density at radius 2 is 1.97 bits per heavy atom. The van der Waals surface area contributed by atoms with E-state index in [9.17, 15) is 9.59 Å². The lowest BCUT2D eigenvalue weighted by atomic mass is 10.1. The fourth-order valence-corrected chi connectivity index (χ4v) is 6.04. The third-order valence-corrected chi connectivity index (χ3v) is 7.13. The molecule has 6 nitrogen and oxygen atoms in total. The van der Waals surface area contributed by atoms with Gasteiger partial charge in [-0.1, -0.05) is 15.9 Å². The fraction of sp³-hybridized carbons (Fsp3) is 0.238. The zero-order chi connectivity index (χ0) is 21.4. The molecule has 0 saturated carbocycles. The first-order valence-electron chi connectivity index (χ1n) is 9.00. The summed E-state index contributed by atoms with van der Waals surface area (Å²) in [6.07, 6.45) is 0. The molecule has 0 aliphatic carbocycles. The van der Waals surface area contributed by atoms with Crippen molar-refractivity contribution in [1.29, 1.82) is 0 Å². The van der Waals surface area contributed by atoms with Crippen molar-refractivity contribution in [3.8, 4) is 11.5 Å². The zero-order valence-electron chi connectivity index (χ0n) is 16.1. The van der Waals surface area contributed by atoms with Crippen LogP contribution in [0.15, 0.2) is 54.6 Å². The van der Waals surface area contributed by atoms with E-state index in [0.717, 1.165) is 15.8 Å². The molecule has 1 atom stereocenters. The van der Waals surface area contributed by atoms with Crippen LogP contribution in [0.4, 0.5) is 0 Å². The number of ether oxygens (including phenoxy) is 2. The van der Waals surface area contributed by atoms with Crippen molar-refractivity contribution in [2.24, 2.45) is 0 Å². The fourth-order valence-electron chi connectivity index (χ4n) is 3.43. The Hall–Kier alpha value is -1.97. The van der Waals surface area contributed by atoms with Gasteiger partial charge in [-0.15, -0.1) is 11.8 Å². The minimum atomic E-state index is -0.663. The number of carbonyl (C=O) groups is 1. The van der Waals surface area contributed by atoms with Crippen LogP contribution in [-0.2, 0) is 0 Å². The molecule has 0 N–H and O–H groups in total. The second-order valence-electron chi connectivity index (χ2n) is 6.58. The van der Waals surface area contributed by atoms with Gasteiger partial charge in [-0.2, -0.15) is 0 Å². The standard InChI is InChI=1S/C21H17Br2NO5S/c1-27-13-3-4-17(28-2)14(10-13)20-24(5-6-30-20)19(25)15-8-11-7-12(22)9-16(23)18(11)29-21(15)26/h3-4,7-10,20H,5-6H2,1-2H3/t20-/m0/s1. The highest BCUT2D eigenvalue weighted by Gasteiger charge is 2.35. The van der Waals surface area contributed by atoms with E-state index in [1.165, 1.54) is 0 Å². The van der Waals surface area contributed by atoms with Gasteiger partial charge in [0.2, 0.25) is 0 Å². The first-order valence-corrected chi connectivity index (χ1v) is 11.6. The molecule has 1 aromatic heterocycles. The minimum Gasteiger partial charge on any atom is -0.497 e. The van der Waals surface area contributed by atoms with Gasteiger partial charge in [-0.3, -0.25) is 4.79 Å². The average molecular weight is 555 g/mol. The molecule has 0 spiro atoms. The van der Waals surface area contributed by atoms with Crippen molar-refractivity contribution in [2.45, 2.75) is 5.37 Å². The highest BCUT2D eigenvalue weighted by atomic mass is 79.9. The molecule has 4 rings (SSSR count). The van der Waals surface area contributed by atoms with Crippen molar-refractivity contribution in [3.05, 3.63) is 66.9 Å². The normalized spacial score (nSPS) is 16.1. The summed E-state index contributed by atoms with van der Waals surface area (Å²) >= 11 is 8.43. The zero-order valence-corrected chi connectivity index (χ0v) is 20.1. The molecule has 0 radical (unpaired) electrons. The van der Waals surface area contributed by atoms with Crippen LogP contribution in [0, 0.1) is 0 Å². The molecule has 1 aliphatic heterocycles. The van der Waals surface area contributed by atoms with Crippen LogP contribution < -0.4 is 15.1 Å². The van der Waals surface area contributed by atoms with Gasteiger partial charge >= 0.3 is 5.63 Å². The molecule has 2 aromatic carbocycles. The molecule has 156 valence electrons. The number of benzene rings is 2. The number of halogens is 2. The molecule has 3 aromatic rings. The van der Waals surface area contributed by atoms with Crippen molar-refractivity contribution >= 4 is 60.5 Å². The van der Waals surface area contributed by atoms with Crippen molar-refractivity contribution < 1.29 is 18.7 Å². The van der Waals surface area contributed by atoms with Gasteiger partial charge in [-0.05, 0) is 52.3 Å². The number of amides is 1. The summed E-state index contributed by atoms with van der Waals surface area (Å²) in [4.78, 5) is 27.7. The van der Waals surface area contributed by atoms with Crippen molar-refractivity contribution in [3.63, 3.8) is 0 Å². The second kappa shape index (κ2) is 8.64. The largest absolute Gasteiger partial charge is 0.497 e. The summed E-state index contributed by atoms with van der Waals surface area (Å²) in [5.41, 5.74) is 0.565. The van der Waals surface area contributed by atoms with Crippen molar-refractivity contribution in [1.82, 2.24) is 4.90 Å². The summed E-state index contributed by atoms with van der Waals surface area (Å²) in [6, 6.07) is 10.7. The number of hydrogen-bond acceptors (Lipinski definition) is 6. The summed E-state index contributed by atoms with van der Waals surface area (Å²) in [7, 11) is 3.18. The first kappa shape index (κ1) is 21.3. The third kappa shape index (κ3) is 3.86. The van der Waals surface area contributed by atoms with Crippen LogP contribution in [0.1, 0.15) is 21.3 Å². The maximum atomic E-state index is 13.4. The van der Waals surface area contributed by atoms with Gasteiger partial charge in [0.1, 0.15) is 22.4 Å². The second-order valence-corrected chi connectivity index (χ2v) is 9.54. The number of rotatable bonds is 4. The van der Waals surface area contributed by atoms with E-state index in [0.29, 0.717) is 33.5 Å². The van der Waals surface area contributed by atoms with Gasteiger partial charge in [0.25, 0.3) is 5.91 Å². The van der Waals surface area contributed by atoms with E-state index in [1.807, 2.05) is 18.2 Å². The van der Waals surface area contributed by atoms with Crippen LogP contribution in [-0.4, -0.2) is 37.3 Å². The Kier molecular flexibility index (Phi) is 6.13. The van der Waals surface area contributed by atoms with E-state index in [2.05, 4.69) is 31.9 Å². The lowest BCUT2D eigenvalue weighted by Crippen LogP contribution is -2.33. The van der Waals surface area contributed by atoms with Gasteiger partial charge in [-0.25, -0.2) is 4.79 Å². The highest BCUT2D eigenvalue weighted by molar-refractivity contribution is 9.11. The van der Waals surface area contributed by atoms with Gasteiger partial charge in [0.15, 0.2) is 5.58 Å². The molecule has 0 bridgehead atoms. The van der Waals surface area contributed by atoms with Crippen LogP contribution in [0.25, 0.3) is 11.0 Å². The summed E-state index contributed by atoms with van der Waals surface area (Å²) < 4.78 is 17.8. The summed E-state index contributed by atoms with van der Waals surface area (Å²) in [5.74, 6) is 1.70. The maximum absolute atomic E-state index is 13.4.